The average Bonchev–Trinajstić information content (AvgIpc) is 3.01. The molecule has 0 N–H and O–H groups in total. The molecule has 1 aromatic rings. The summed E-state index contributed by atoms with van der Waals surface area (Å²) in [5.74, 6) is 1.84. The number of rotatable bonds is 4. The molecular weight excluding hydrogens is 230 g/mol. The number of para-hydroxylation sites is 1. The van der Waals surface area contributed by atoms with Crippen LogP contribution in [0.15, 0.2) is 18.2 Å². The zero-order valence-corrected chi connectivity index (χ0v) is 12.8. The maximum atomic E-state index is 2.45. The first kappa shape index (κ1) is 13.2. The van der Waals surface area contributed by atoms with Crippen molar-refractivity contribution in [3.63, 3.8) is 0 Å². The summed E-state index contributed by atoms with van der Waals surface area (Å²) >= 11 is 0. The summed E-state index contributed by atoms with van der Waals surface area (Å²) in [5.41, 5.74) is 4.87. The second kappa shape index (κ2) is 4.94. The highest BCUT2D eigenvalue weighted by atomic mass is 15.3. The van der Waals surface area contributed by atoms with Crippen molar-refractivity contribution in [1.29, 1.82) is 0 Å². The molecule has 1 heterocycles. The van der Waals surface area contributed by atoms with E-state index in [9.17, 15) is 0 Å². The van der Waals surface area contributed by atoms with Gasteiger partial charge in [-0.05, 0) is 25.2 Å². The van der Waals surface area contributed by atoms with Gasteiger partial charge in [0.2, 0.25) is 0 Å². The Kier molecular flexibility index (Phi) is 3.42. The average molecular weight is 258 g/mol. The van der Waals surface area contributed by atoms with E-state index in [1.165, 1.54) is 55.2 Å². The third-order valence-corrected chi connectivity index (χ3v) is 5.34. The fourth-order valence-corrected chi connectivity index (χ4v) is 4.29. The maximum Gasteiger partial charge on any atom is 0.139 e. The van der Waals surface area contributed by atoms with E-state index >= 15 is 0 Å². The summed E-state index contributed by atoms with van der Waals surface area (Å²) in [7, 11) is 2.45. The van der Waals surface area contributed by atoms with Gasteiger partial charge < -0.3 is 0 Å². The van der Waals surface area contributed by atoms with E-state index in [0.717, 1.165) is 11.8 Å². The zero-order chi connectivity index (χ0) is 13.5. The molecule has 1 aliphatic heterocycles. The van der Waals surface area contributed by atoms with Gasteiger partial charge in [-0.3, -0.25) is 4.48 Å². The van der Waals surface area contributed by atoms with Crippen LogP contribution in [-0.4, -0.2) is 20.1 Å². The number of nitrogens with zero attached hydrogens (tertiary/aromatic N) is 1. The van der Waals surface area contributed by atoms with Crippen LogP contribution in [0.2, 0.25) is 0 Å². The first-order valence-electron chi connectivity index (χ1n) is 8.10. The lowest BCUT2D eigenvalue weighted by atomic mass is 9.99. The number of likely N-dealkylation sites (tertiary alicyclic amines) is 1. The third-order valence-electron chi connectivity index (χ3n) is 5.34. The van der Waals surface area contributed by atoms with Crippen molar-refractivity contribution in [1.82, 2.24) is 4.48 Å². The van der Waals surface area contributed by atoms with Crippen LogP contribution in [0.5, 0.6) is 0 Å². The molecule has 0 aromatic heterocycles. The van der Waals surface area contributed by atoms with Gasteiger partial charge in [0, 0.05) is 24.0 Å². The van der Waals surface area contributed by atoms with Crippen LogP contribution >= 0.6 is 0 Å². The SMILES string of the molecule is CCC[C@H]1CC1c1cccc(C)c1[N+]1(C)CCCC1. The van der Waals surface area contributed by atoms with E-state index in [2.05, 4.69) is 39.1 Å². The van der Waals surface area contributed by atoms with Gasteiger partial charge in [-0.15, -0.1) is 0 Å². The molecular formula is C18H28N+. The highest BCUT2D eigenvalue weighted by Crippen LogP contribution is 2.54. The molecule has 1 saturated carbocycles. The number of aryl methyl sites for hydroxylation is 1. The highest BCUT2D eigenvalue weighted by Gasteiger charge is 2.43. The van der Waals surface area contributed by atoms with Crippen LogP contribution in [0, 0.1) is 12.8 Å². The summed E-state index contributed by atoms with van der Waals surface area (Å²) in [5, 5.41) is 0. The predicted octanol–water partition coefficient (Wildman–Crippen LogP) is 4.63. The Balaban J connectivity index is 1.95. The Morgan fingerprint density at radius 3 is 2.63 bits per heavy atom. The Morgan fingerprint density at radius 2 is 1.95 bits per heavy atom. The van der Waals surface area contributed by atoms with Crippen molar-refractivity contribution in [2.45, 2.75) is 51.9 Å². The lowest BCUT2D eigenvalue weighted by Crippen LogP contribution is -2.43. The Morgan fingerprint density at radius 1 is 1.21 bits per heavy atom. The quantitative estimate of drug-likeness (QED) is 0.691. The van der Waals surface area contributed by atoms with Gasteiger partial charge >= 0.3 is 0 Å². The van der Waals surface area contributed by atoms with E-state index in [-0.39, 0.29) is 0 Å². The van der Waals surface area contributed by atoms with Crippen LogP contribution in [0.25, 0.3) is 0 Å². The fourth-order valence-electron chi connectivity index (χ4n) is 4.29. The van der Waals surface area contributed by atoms with Gasteiger partial charge in [-0.1, -0.05) is 38.0 Å². The molecule has 2 aliphatic rings. The van der Waals surface area contributed by atoms with E-state index in [4.69, 9.17) is 0 Å². The molecule has 1 unspecified atom stereocenters. The van der Waals surface area contributed by atoms with Gasteiger partial charge in [0.1, 0.15) is 5.69 Å². The first-order valence-corrected chi connectivity index (χ1v) is 8.10. The van der Waals surface area contributed by atoms with Crippen molar-refractivity contribution in [3.05, 3.63) is 29.3 Å². The molecule has 19 heavy (non-hydrogen) atoms. The van der Waals surface area contributed by atoms with Crippen LogP contribution in [-0.2, 0) is 0 Å². The third kappa shape index (κ3) is 2.33. The van der Waals surface area contributed by atoms with Crippen molar-refractivity contribution in [3.8, 4) is 0 Å². The van der Waals surface area contributed by atoms with Crippen LogP contribution in [0.3, 0.4) is 0 Å². The van der Waals surface area contributed by atoms with Gasteiger partial charge in [0.15, 0.2) is 0 Å². The van der Waals surface area contributed by atoms with Crippen molar-refractivity contribution in [2.24, 2.45) is 5.92 Å². The molecule has 0 amide bonds. The number of hydrogen-bond acceptors (Lipinski definition) is 0. The summed E-state index contributed by atoms with van der Waals surface area (Å²) in [6.07, 6.45) is 6.99. The van der Waals surface area contributed by atoms with Crippen molar-refractivity contribution >= 4 is 5.69 Å². The Bertz CT molecular complexity index is 457. The van der Waals surface area contributed by atoms with Crippen LogP contribution in [0.4, 0.5) is 5.69 Å². The molecule has 104 valence electrons. The lowest BCUT2D eigenvalue weighted by molar-refractivity contribution is 0.400. The minimum absolute atomic E-state index is 0.866. The molecule has 1 saturated heterocycles. The topological polar surface area (TPSA) is 0 Å². The monoisotopic (exact) mass is 258 g/mol. The molecule has 1 heteroatoms. The molecule has 3 rings (SSSR count). The maximum absolute atomic E-state index is 2.45. The normalized spacial score (nSPS) is 28.6. The summed E-state index contributed by atoms with van der Waals surface area (Å²) < 4.78 is 1.19. The molecule has 1 aliphatic carbocycles. The number of quaternary nitrogens is 1. The minimum Gasteiger partial charge on any atom is -0.293 e. The Labute approximate surface area is 118 Å². The van der Waals surface area contributed by atoms with Gasteiger partial charge in [0.05, 0.1) is 20.1 Å². The molecule has 2 fully saturated rings. The largest absolute Gasteiger partial charge is 0.293 e. The van der Waals surface area contributed by atoms with Crippen molar-refractivity contribution < 1.29 is 0 Å². The number of benzene rings is 1. The molecule has 1 aromatic carbocycles. The zero-order valence-electron chi connectivity index (χ0n) is 12.8. The summed E-state index contributed by atoms with van der Waals surface area (Å²) in [4.78, 5) is 0. The minimum atomic E-state index is 0.866. The molecule has 0 spiro atoms. The Hall–Kier alpha value is -0.820. The predicted molar refractivity (Wildman–Crippen MR) is 83.6 cm³/mol. The van der Waals surface area contributed by atoms with Crippen molar-refractivity contribution in [2.75, 3.05) is 20.1 Å². The van der Waals surface area contributed by atoms with Crippen LogP contribution < -0.4 is 4.48 Å². The standard InChI is InChI=1S/C18H28N/c1-4-8-15-13-17(15)16-10-7-9-14(2)18(16)19(3)11-5-6-12-19/h7,9-10,15,17H,4-6,8,11-13H2,1-3H3/q+1/t15-,17?/m0/s1. The van der Waals surface area contributed by atoms with E-state index < -0.39 is 0 Å². The van der Waals surface area contributed by atoms with E-state index in [0.29, 0.717) is 0 Å². The number of hydrogen-bond donors (Lipinski definition) is 0. The second-order valence-electron chi connectivity index (χ2n) is 6.95. The fraction of sp³-hybridized carbons (Fsp3) is 0.667. The molecule has 0 bridgehead atoms. The highest BCUT2D eigenvalue weighted by molar-refractivity contribution is 5.59. The van der Waals surface area contributed by atoms with Gasteiger partial charge in [-0.2, -0.15) is 0 Å². The molecule has 1 nitrogen and oxygen atoms in total. The van der Waals surface area contributed by atoms with E-state index in [1.54, 1.807) is 11.3 Å². The van der Waals surface area contributed by atoms with Gasteiger partial charge in [0.25, 0.3) is 0 Å². The van der Waals surface area contributed by atoms with Crippen LogP contribution in [0.1, 0.15) is 56.1 Å². The first-order chi connectivity index (χ1) is 9.15. The summed E-state index contributed by atoms with van der Waals surface area (Å²) in [6.45, 7) is 7.31. The lowest BCUT2D eigenvalue weighted by Gasteiger charge is -2.32. The smallest absolute Gasteiger partial charge is 0.139 e. The summed E-state index contributed by atoms with van der Waals surface area (Å²) in [6, 6.07) is 7.01. The second-order valence-corrected chi connectivity index (χ2v) is 6.95. The molecule has 2 atom stereocenters. The van der Waals surface area contributed by atoms with E-state index in [1.807, 2.05) is 0 Å². The van der Waals surface area contributed by atoms with Gasteiger partial charge in [-0.25, -0.2) is 0 Å². The molecule has 0 radical (unpaired) electrons.